The van der Waals surface area contributed by atoms with E-state index in [0.29, 0.717) is 33.1 Å². The molecule has 0 amide bonds. The Hall–Kier alpha value is -3.36. The molecular formula is C19H14ClN3O5. The molecule has 3 heterocycles. The van der Waals surface area contributed by atoms with E-state index in [2.05, 4.69) is 15.0 Å². The number of pyridine rings is 2. The number of benzene rings is 1. The maximum atomic E-state index is 11.0. The molecular weight excluding hydrogens is 386 g/mol. The van der Waals surface area contributed by atoms with Crippen molar-refractivity contribution in [3.8, 4) is 17.5 Å². The van der Waals surface area contributed by atoms with E-state index in [-0.39, 0.29) is 12.5 Å². The van der Waals surface area contributed by atoms with E-state index in [0.717, 1.165) is 10.9 Å². The molecule has 3 aromatic heterocycles. The van der Waals surface area contributed by atoms with Crippen LogP contribution in [0.25, 0.3) is 21.8 Å². The number of ether oxygens (including phenoxy) is 3. The highest BCUT2D eigenvalue weighted by Gasteiger charge is 2.20. The zero-order valence-electron chi connectivity index (χ0n) is 14.6. The van der Waals surface area contributed by atoms with Gasteiger partial charge >= 0.3 is 6.16 Å². The van der Waals surface area contributed by atoms with Gasteiger partial charge in [-0.2, -0.15) is 0 Å². The van der Waals surface area contributed by atoms with Crippen LogP contribution in [0, 0.1) is 0 Å². The van der Waals surface area contributed by atoms with Gasteiger partial charge in [0, 0.05) is 24.8 Å². The molecule has 142 valence electrons. The molecule has 0 aliphatic rings. The Morgan fingerprint density at radius 2 is 2.00 bits per heavy atom. The molecule has 0 saturated heterocycles. The third-order valence-electron chi connectivity index (χ3n) is 4.07. The number of H-pyrrole nitrogens is 1. The highest BCUT2D eigenvalue weighted by Crippen LogP contribution is 2.39. The van der Waals surface area contributed by atoms with Crippen molar-refractivity contribution in [2.75, 3.05) is 7.11 Å². The number of rotatable bonds is 5. The number of carboxylic acid groups (broad SMARTS) is 1. The summed E-state index contributed by atoms with van der Waals surface area (Å²) >= 11 is 5.88. The van der Waals surface area contributed by atoms with E-state index in [9.17, 15) is 4.79 Å². The molecule has 0 atom stereocenters. The Morgan fingerprint density at radius 3 is 2.71 bits per heavy atom. The summed E-state index contributed by atoms with van der Waals surface area (Å²) in [6.07, 6.45) is 1.55. The van der Waals surface area contributed by atoms with E-state index in [1.54, 1.807) is 18.2 Å². The predicted molar refractivity (Wildman–Crippen MR) is 102 cm³/mol. The summed E-state index contributed by atoms with van der Waals surface area (Å²) in [5, 5.41) is 11.0. The predicted octanol–water partition coefficient (Wildman–Crippen LogP) is 4.76. The Morgan fingerprint density at radius 1 is 1.14 bits per heavy atom. The lowest BCUT2D eigenvalue weighted by atomic mass is 10.1. The number of hydrogen-bond acceptors (Lipinski definition) is 6. The van der Waals surface area contributed by atoms with Crippen LogP contribution in [0.5, 0.6) is 17.5 Å². The standard InChI is InChI=1S/C19H14ClN3O5/c1-26-9-11-16-13(8-22-18(11)28-19(24)25)23-12-3-2-4-14(17(12)16)27-15-6-5-10(20)7-21-15/h2-8,23H,9H2,1H3,(H,24,25). The van der Waals surface area contributed by atoms with Gasteiger partial charge < -0.3 is 24.3 Å². The van der Waals surface area contributed by atoms with Crippen LogP contribution >= 0.6 is 11.6 Å². The van der Waals surface area contributed by atoms with Crippen LogP contribution in [0.3, 0.4) is 0 Å². The summed E-state index contributed by atoms with van der Waals surface area (Å²) < 4.78 is 16.1. The third-order valence-corrected chi connectivity index (χ3v) is 4.30. The van der Waals surface area contributed by atoms with Gasteiger partial charge in [0.1, 0.15) is 5.75 Å². The number of fused-ring (bicyclic) bond motifs is 3. The lowest BCUT2D eigenvalue weighted by Gasteiger charge is -2.10. The van der Waals surface area contributed by atoms with Crippen LogP contribution in [-0.2, 0) is 11.3 Å². The zero-order valence-corrected chi connectivity index (χ0v) is 15.4. The Kier molecular flexibility index (Phi) is 4.72. The number of halogens is 1. The van der Waals surface area contributed by atoms with Crippen LogP contribution in [-0.4, -0.2) is 33.3 Å². The van der Waals surface area contributed by atoms with Gasteiger partial charge in [-0.15, -0.1) is 0 Å². The summed E-state index contributed by atoms with van der Waals surface area (Å²) in [5.74, 6) is 0.862. The molecule has 1 aromatic carbocycles. The first-order chi connectivity index (χ1) is 13.6. The normalized spacial score (nSPS) is 11.1. The second-order valence-corrected chi connectivity index (χ2v) is 6.29. The summed E-state index contributed by atoms with van der Waals surface area (Å²) in [5.41, 5.74) is 1.97. The highest BCUT2D eigenvalue weighted by atomic mass is 35.5. The second kappa shape index (κ2) is 7.34. The zero-order chi connectivity index (χ0) is 19.7. The molecule has 4 rings (SSSR count). The minimum atomic E-state index is -1.45. The molecule has 0 radical (unpaired) electrons. The molecule has 0 aliphatic carbocycles. The van der Waals surface area contributed by atoms with Crippen LogP contribution in [0.15, 0.2) is 42.7 Å². The lowest BCUT2D eigenvalue weighted by molar-refractivity contribution is 0.139. The van der Waals surface area contributed by atoms with Gasteiger partial charge in [0.25, 0.3) is 0 Å². The van der Waals surface area contributed by atoms with E-state index in [1.165, 1.54) is 19.5 Å². The first kappa shape index (κ1) is 18.0. The largest absolute Gasteiger partial charge is 0.512 e. The molecule has 0 bridgehead atoms. The molecule has 28 heavy (non-hydrogen) atoms. The van der Waals surface area contributed by atoms with E-state index in [1.807, 2.05) is 12.1 Å². The summed E-state index contributed by atoms with van der Waals surface area (Å²) in [6, 6.07) is 8.85. The minimum Gasteiger partial charge on any atom is -0.449 e. The first-order valence-corrected chi connectivity index (χ1v) is 8.56. The number of hydrogen-bond donors (Lipinski definition) is 2. The fraction of sp³-hybridized carbons (Fsp3) is 0.105. The first-order valence-electron chi connectivity index (χ1n) is 8.18. The van der Waals surface area contributed by atoms with E-state index >= 15 is 0 Å². The molecule has 9 heteroatoms. The van der Waals surface area contributed by atoms with Crippen molar-refractivity contribution in [3.63, 3.8) is 0 Å². The van der Waals surface area contributed by atoms with Crippen LogP contribution in [0.1, 0.15) is 5.56 Å². The van der Waals surface area contributed by atoms with Gasteiger partial charge in [0.15, 0.2) is 0 Å². The van der Waals surface area contributed by atoms with Crippen molar-refractivity contribution in [1.29, 1.82) is 0 Å². The quantitative estimate of drug-likeness (QED) is 0.466. The topological polar surface area (TPSA) is 107 Å². The Balaban J connectivity index is 1.94. The van der Waals surface area contributed by atoms with Crippen LogP contribution in [0.4, 0.5) is 4.79 Å². The maximum absolute atomic E-state index is 11.0. The van der Waals surface area contributed by atoms with Crippen LogP contribution in [0.2, 0.25) is 5.02 Å². The number of carbonyl (C=O) groups is 1. The molecule has 8 nitrogen and oxygen atoms in total. The molecule has 2 N–H and O–H groups in total. The van der Waals surface area contributed by atoms with Gasteiger partial charge in [-0.1, -0.05) is 17.7 Å². The molecule has 0 spiro atoms. The molecule has 4 aromatic rings. The van der Waals surface area contributed by atoms with Crippen molar-refractivity contribution in [2.45, 2.75) is 6.61 Å². The highest BCUT2D eigenvalue weighted by molar-refractivity contribution is 6.30. The lowest BCUT2D eigenvalue weighted by Crippen LogP contribution is -2.07. The second-order valence-electron chi connectivity index (χ2n) is 5.85. The fourth-order valence-electron chi connectivity index (χ4n) is 3.02. The maximum Gasteiger partial charge on any atom is 0.512 e. The number of nitrogens with zero attached hydrogens (tertiary/aromatic N) is 2. The van der Waals surface area contributed by atoms with Crippen LogP contribution < -0.4 is 9.47 Å². The third kappa shape index (κ3) is 3.30. The van der Waals surface area contributed by atoms with Crippen molar-refractivity contribution in [3.05, 3.63) is 53.3 Å². The fourth-order valence-corrected chi connectivity index (χ4v) is 3.13. The average Bonchev–Trinajstić information content (AvgIpc) is 3.05. The average molecular weight is 400 g/mol. The van der Waals surface area contributed by atoms with Gasteiger partial charge in [-0.25, -0.2) is 14.8 Å². The monoisotopic (exact) mass is 399 g/mol. The summed E-state index contributed by atoms with van der Waals surface area (Å²) in [7, 11) is 1.51. The smallest absolute Gasteiger partial charge is 0.449 e. The van der Waals surface area contributed by atoms with E-state index < -0.39 is 6.16 Å². The minimum absolute atomic E-state index is 0.0397. The van der Waals surface area contributed by atoms with Crippen molar-refractivity contribution in [1.82, 2.24) is 15.0 Å². The van der Waals surface area contributed by atoms with Crippen molar-refractivity contribution < 1.29 is 24.1 Å². The van der Waals surface area contributed by atoms with Gasteiger partial charge in [0.2, 0.25) is 11.8 Å². The number of aromatic amines is 1. The van der Waals surface area contributed by atoms with Gasteiger partial charge in [-0.05, 0) is 18.2 Å². The summed E-state index contributed by atoms with van der Waals surface area (Å²) in [4.78, 5) is 22.6. The summed E-state index contributed by atoms with van der Waals surface area (Å²) in [6.45, 7) is 0.105. The Bertz CT molecular complexity index is 1170. The van der Waals surface area contributed by atoms with E-state index in [4.69, 9.17) is 30.9 Å². The SMILES string of the molecule is COCc1c(OC(=O)O)ncc2[nH]c3cccc(Oc4ccc(Cl)cn4)c3c12. The number of methoxy groups -OCH3 is 1. The van der Waals surface area contributed by atoms with Crippen molar-refractivity contribution in [2.24, 2.45) is 0 Å². The number of nitrogens with one attached hydrogen (secondary N) is 1. The van der Waals surface area contributed by atoms with Gasteiger partial charge in [0.05, 0.1) is 39.8 Å². The molecule has 0 saturated carbocycles. The molecule has 0 fully saturated rings. The van der Waals surface area contributed by atoms with Crippen molar-refractivity contribution >= 4 is 39.6 Å². The van der Waals surface area contributed by atoms with Gasteiger partial charge in [-0.3, -0.25) is 0 Å². The molecule has 0 aliphatic heterocycles. The molecule has 0 unspecified atom stereocenters. The number of aromatic nitrogens is 3. The Labute approximate surface area is 163 Å².